The zero-order valence-corrected chi connectivity index (χ0v) is 13.8. The maximum atomic E-state index is 11.8. The SMILES string of the molecule is CCCc1ccc([C@@H](N[C@H](C)C(=O)NC(N)=O)C(C)C)cc1. The summed E-state index contributed by atoms with van der Waals surface area (Å²) in [6.07, 6.45) is 2.19. The molecule has 0 saturated heterocycles. The summed E-state index contributed by atoms with van der Waals surface area (Å²) in [6.45, 7) is 8.07. The number of primary amides is 1. The van der Waals surface area contributed by atoms with Crippen molar-refractivity contribution < 1.29 is 9.59 Å². The van der Waals surface area contributed by atoms with Crippen LogP contribution in [0.3, 0.4) is 0 Å². The Kier molecular flexibility index (Phi) is 7.05. The van der Waals surface area contributed by atoms with Crippen molar-refractivity contribution in [2.75, 3.05) is 0 Å². The van der Waals surface area contributed by atoms with Crippen LogP contribution in [0, 0.1) is 5.92 Å². The number of aryl methyl sites for hydroxylation is 1. The quantitative estimate of drug-likeness (QED) is 0.723. The summed E-state index contributed by atoms with van der Waals surface area (Å²) in [7, 11) is 0. The first kappa shape index (κ1) is 18.2. The van der Waals surface area contributed by atoms with Crippen molar-refractivity contribution in [3.05, 3.63) is 35.4 Å². The summed E-state index contributed by atoms with van der Waals surface area (Å²) in [5, 5.41) is 5.37. The summed E-state index contributed by atoms with van der Waals surface area (Å²) in [6, 6.07) is 7.15. The van der Waals surface area contributed by atoms with Crippen molar-refractivity contribution in [1.82, 2.24) is 10.6 Å². The van der Waals surface area contributed by atoms with E-state index in [1.165, 1.54) is 5.56 Å². The molecule has 0 saturated carbocycles. The normalized spacial score (nSPS) is 13.7. The molecule has 2 atom stereocenters. The fourth-order valence-corrected chi connectivity index (χ4v) is 2.43. The molecule has 1 aromatic carbocycles. The number of hydrogen-bond acceptors (Lipinski definition) is 3. The van der Waals surface area contributed by atoms with Gasteiger partial charge in [-0.25, -0.2) is 4.79 Å². The molecule has 0 radical (unpaired) electrons. The van der Waals surface area contributed by atoms with Crippen LogP contribution in [0.5, 0.6) is 0 Å². The van der Waals surface area contributed by atoms with E-state index in [1.807, 2.05) is 0 Å². The van der Waals surface area contributed by atoms with E-state index in [4.69, 9.17) is 5.73 Å². The van der Waals surface area contributed by atoms with Crippen LogP contribution < -0.4 is 16.4 Å². The van der Waals surface area contributed by atoms with Gasteiger partial charge in [0.1, 0.15) is 0 Å². The Balaban J connectivity index is 2.80. The molecule has 0 bridgehead atoms. The van der Waals surface area contributed by atoms with Gasteiger partial charge in [-0.2, -0.15) is 0 Å². The van der Waals surface area contributed by atoms with Crippen LogP contribution in [0.2, 0.25) is 0 Å². The number of carbonyl (C=O) groups is 2. The van der Waals surface area contributed by atoms with Gasteiger partial charge in [-0.1, -0.05) is 51.5 Å². The summed E-state index contributed by atoms with van der Waals surface area (Å²) in [4.78, 5) is 22.6. The largest absolute Gasteiger partial charge is 0.351 e. The molecule has 0 spiro atoms. The first-order chi connectivity index (χ1) is 10.3. The Morgan fingerprint density at radius 1 is 1.14 bits per heavy atom. The molecular formula is C17H27N3O2. The van der Waals surface area contributed by atoms with E-state index in [0.29, 0.717) is 5.92 Å². The lowest BCUT2D eigenvalue weighted by Crippen LogP contribution is -2.48. The summed E-state index contributed by atoms with van der Waals surface area (Å²) in [5.74, 6) is -0.110. The molecule has 5 nitrogen and oxygen atoms in total. The van der Waals surface area contributed by atoms with Crippen LogP contribution in [-0.4, -0.2) is 18.0 Å². The number of nitrogens with two attached hydrogens (primary N) is 1. The fraction of sp³-hybridized carbons (Fsp3) is 0.529. The molecule has 3 amide bonds. The van der Waals surface area contributed by atoms with Gasteiger partial charge in [0.05, 0.1) is 6.04 Å². The highest BCUT2D eigenvalue weighted by Crippen LogP contribution is 2.23. The lowest BCUT2D eigenvalue weighted by molar-refractivity contribution is -0.121. The second-order valence-electron chi connectivity index (χ2n) is 5.96. The van der Waals surface area contributed by atoms with Gasteiger partial charge < -0.3 is 5.73 Å². The van der Waals surface area contributed by atoms with Crippen LogP contribution in [-0.2, 0) is 11.2 Å². The second kappa shape index (κ2) is 8.54. The van der Waals surface area contributed by atoms with Crippen LogP contribution in [0.25, 0.3) is 0 Å². The lowest BCUT2D eigenvalue weighted by atomic mass is 9.94. The lowest BCUT2D eigenvalue weighted by Gasteiger charge is -2.26. The smallest absolute Gasteiger partial charge is 0.318 e. The van der Waals surface area contributed by atoms with Crippen LogP contribution in [0.4, 0.5) is 4.79 Å². The number of benzene rings is 1. The molecule has 0 heterocycles. The average Bonchev–Trinajstić information content (AvgIpc) is 2.44. The predicted molar refractivity (Wildman–Crippen MR) is 88.3 cm³/mol. The van der Waals surface area contributed by atoms with Crippen molar-refractivity contribution in [2.45, 2.75) is 52.6 Å². The van der Waals surface area contributed by atoms with Crippen molar-refractivity contribution in [1.29, 1.82) is 0 Å². The minimum Gasteiger partial charge on any atom is -0.351 e. The van der Waals surface area contributed by atoms with Gasteiger partial charge in [-0.3, -0.25) is 15.4 Å². The van der Waals surface area contributed by atoms with E-state index in [2.05, 4.69) is 55.7 Å². The van der Waals surface area contributed by atoms with E-state index in [1.54, 1.807) is 6.92 Å². The van der Waals surface area contributed by atoms with Gasteiger partial charge in [0.2, 0.25) is 5.91 Å². The van der Waals surface area contributed by atoms with Crippen molar-refractivity contribution in [3.8, 4) is 0 Å². The van der Waals surface area contributed by atoms with Gasteiger partial charge in [-0.15, -0.1) is 0 Å². The molecule has 1 aromatic rings. The van der Waals surface area contributed by atoms with Crippen molar-refractivity contribution in [3.63, 3.8) is 0 Å². The van der Waals surface area contributed by atoms with Crippen LogP contribution >= 0.6 is 0 Å². The second-order valence-corrected chi connectivity index (χ2v) is 5.96. The third-order valence-electron chi connectivity index (χ3n) is 3.61. The predicted octanol–water partition coefficient (Wildman–Crippen LogP) is 2.51. The van der Waals surface area contributed by atoms with E-state index in [0.717, 1.165) is 18.4 Å². The average molecular weight is 305 g/mol. The molecule has 0 aliphatic rings. The Hall–Kier alpha value is -1.88. The number of hydrogen-bond donors (Lipinski definition) is 3. The Morgan fingerprint density at radius 3 is 2.18 bits per heavy atom. The first-order valence-electron chi connectivity index (χ1n) is 7.80. The highest BCUT2D eigenvalue weighted by Gasteiger charge is 2.22. The number of imide groups is 1. The highest BCUT2D eigenvalue weighted by atomic mass is 16.2. The number of carbonyl (C=O) groups excluding carboxylic acids is 2. The third kappa shape index (κ3) is 5.48. The zero-order chi connectivity index (χ0) is 16.7. The van der Waals surface area contributed by atoms with E-state index < -0.39 is 18.0 Å². The molecule has 5 heteroatoms. The summed E-state index contributed by atoms with van der Waals surface area (Å²) in [5.41, 5.74) is 7.43. The maximum Gasteiger partial charge on any atom is 0.318 e. The standard InChI is InChI=1S/C17H27N3O2/c1-5-6-13-7-9-14(10-8-13)15(11(2)3)19-12(4)16(21)20-17(18)22/h7-12,15,19H,5-6H2,1-4H3,(H3,18,20,21,22)/t12-,15+/m1/s1. The van der Waals surface area contributed by atoms with Gasteiger partial charge >= 0.3 is 6.03 Å². The molecule has 1 rings (SSSR count). The molecule has 4 N–H and O–H groups in total. The Labute approximate surface area is 132 Å². The van der Waals surface area contributed by atoms with E-state index in [9.17, 15) is 9.59 Å². The summed E-state index contributed by atoms with van der Waals surface area (Å²) >= 11 is 0. The Bertz CT molecular complexity index is 497. The van der Waals surface area contributed by atoms with Gasteiger partial charge in [-0.05, 0) is 30.4 Å². The molecule has 0 aliphatic carbocycles. The number of urea groups is 1. The zero-order valence-electron chi connectivity index (χ0n) is 13.8. The topological polar surface area (TPSA) is 84.2 Å². The van der Waals surface area contributed by atoms with E-state index >= 15 is 0 Å². The summed E-state index contributed by atoms with van der Waals surface area (Å²) < 4.78 is 0. The highest BCUT2D eigenvalue weighted by molar-refractivity contribution is 5.96. The van der Waals surface area contributed by atoms with Crippen LogP contribution in [0.15, 0.2) is 24.3 Å². The number of amides is 3. The van der Waals surface area contributed by atoms with Gasteiger partial charge in [0, 0.05) is 6.04 Å². The number of rotatable bonds is 7. The van der Waals surface area contributed by atoms with E-state index in [-0.39, 0.29) is 6.04 Å². The van der Waals surface area contributed by atoms with Crippen molar-refractivity contribution in [2.24, 2.45) is 11.7 Å². The first-order valence-corrected chi connectivity index (χ1v) is 7.80. The molecule has 0 unspecified atom stereocenters. The minimum absolute atomic E-state index is 0.0318. The molecule has 0 aliphatic heterocycles. The van der Waals surface area contributed by atoms with Crippen LogP contribution in [0.1, 0.15) is 51.3 Å². The fourth-order valence-electron chi connectivity index (χ4n) is 2.43. The Morgan fingerprint density at radius 2 is 1.73 bits per heavy atom. The third-order valence-corrected chi connectivity index (χ3v) is 3.61. The van der Waals surface area contributed by atoms with Gasteiger partial charge in [0.15, 0.2) is 0 Å². The molecule has 22 heavy (non-hydrogen) atoms. The molecule has 0 fully saturated rings. The monoisotopic (exact) mass is 305 g/mol. The molecule has 0 aromatic heterocycles. The maximum absolute atomic E-state index is 11.8. The number of nitrogens with one attached hydrogen (secondary N) is 2. The molecular weight excluding hydrogens is 278 g/mol. The van der Waals surface area contributed by atoms with Crippen molar-refractivity contribution >= 4 is 11.9 Å². The minimum atomic E-state index is -0.830. The van der Waals surface area contributed by atoms with Gasteiger partial charge in [0.25, 0.3) is 0 Å². The molecule has 122 valence electrons.